The average molecular weight is 663 g/mol. The Morgan fingerprint density at radius 2 is 1.83 bits per heavy atom. The van der Waals surface area contributed by atoms with Gasteiger partial charge in [-0.3, -0.25) is 9.78 Å². The summed E-state index contributed by atoms with van der Waals surface area (Å²) in [7, 11) is 1.53. The van der Waals surface area contributed by atoms with Crippen LogP contribution in [0.1, 0.15) is 58.1 Å². The predicted octanol–water partition coefficient (Wildman–Crippen LogP) is 6.67. The van der Waals surface area contributed by atoms with Crippen molar-refractivity contribution < 1.29 is 36.7 Å². The number of nitrogens with zero attached hydrogens (tertiary/aromatic N) is 5. The molecule has 2 aromatic heterocycles. The van der Waals surface area contributed by atoms with E-state index in [9.17, 15) is 14.9 Å². The van der Waals surface area contributed by atoms with Crippen molar-refractivity contribution in [3.63, 3.8) is 0 Å². The number of aromatic nitrogens is 3. The molecule has 11 nitrogen and oxygen atoms in total. The van der Waals surface area contributed by atoms with Gasteiger partial charge in [0.15, 0.2) is 0 Å². The number of methoxy groups -OCH3 is 1. The van der Waals surface area contributed by atoms with Crippen LogP contribution in [0.15, 0.2) is 59.1 Å². The van der Waals surface area contributed by atoms with E-state index in [0.717, 1.165) is 16.5 Å². The van der Waals surface area contributed by atoms with Crippen LogP contribution in [0.2, 0.25) is 0 Å². The SMILES string of the molecule is COc1ccc(-c2ccc(CN3C(=O)[C@H](NC(=O)OC(C)(C)C)CC(F)(F)c4cc(F)c(-c5nnc(C(C)(C)C#N)o5)cc43)cc2)nc1. The molecule has 0 bridgehead atoms. The molecular formula is C34H33F3N6O5. The summed E-state index contributed by atoms with van der Waals surface area (Å²) < 4.78 is 63.5. The fourth-order valence-electron chi connectivity index (χ4n) is 5.00. The molecule has 0 unspecified atom stereocenters. The highest BCUT2D eigenvalue weighted by atomic mass is 19.3. The summed E-state index contributed by atoms with van der Waals surface area (Å²) in [6.45, 7) is 7.59. The van der Waals surface area contributed by atoms with Crippen molar-refractivity contribution in [1.29, 1.82) is 5.26 Å². The molecule has 48 heavy (non-hydrogen) atoms. The van der Waals surface area contributed by atoms with Gasteiger partial charge in [0.2, 0.25) is 11.8 Å². The van der Waals surface area contributed by atoms with E-state index in [1.165, 1.54) is 21.0 Å². The minimum Gasteiger partial charge on any atom is -0.495 e. The highest BCUT2D eigenvalue weighted by Crippen LogP contribution is 2.45. The molecule has 5 rings (SSSR count). The second-order valence-electron chi connectivity index (χ2n) is 12.8. The van der Waals surface area contributed by atoms with Gasteiger partial charge >= 0.3 is 6.09 Å². The number of halogens is 3. The summed E-state index contributed by atoms with van der Waals surface area (Å²) in [5.41, 5.74) is -1.70. The molecule has 2 amide bonds. The molecule has 1 N–H and O–H groups in total. The molecule has 0 saturated carbocycles. The van der Waals surface area contributed by atoms with Crippen molar-refractivity contribution in [3.8, 4) is 34.5 Å². The Balaban J connectivity index is 1.58. The van der Waals surface area contributed by atoms with Gasteiger partial charge in [-0.05, 0) is 64.4 Å². The number of rotatable bonds is 7. The Morgan fingerprint density at radius 1 is 1.12 bits per heavy atom. The number of hydrogen-bond donors (Lipinski definition) is 1. The number of anilines is 1. The first-order valence-corrected chi connectivity index (χ1v) is 14.9. The van der Waals surface area contributed by atoms with Crippen molar-refractivity contribution in [1.82, 2.24) is 20.5 Å². The minimum atomic E-state index is -3.77. The van der Waals surface area contributed by atoms with Crippen LogP contribution in [0.25, 0.3) is 22.7 Å². The number of carbonyl (C=O) groups is 2. The van der Waals surface area contributed by atoms with E-state index >= 15 is 13.2 Å². The monoisotopic (exact) mass is 662 g/mol. The van der Waals surface area contributed by atoms with Gasteiger partial charge in [-0.15, -0.1) is 10.2 Å². The Bertz CT molecular complexity index is 1880. The number of amides is 2. The maximum Gasteiger partial charge on any atom is 0.408 e. The van der Waals surface area contributed by atoms with Crippen molar-refractivity contribution in [2.45, 2.75) is 70.6 Å². The number of nitriles is 1. The van der Waals surface area contributed by atoms with Crippen LogP contribution in [0.3, 0.4) is 0 Å². The highest BCUT2D eigenvalue weighted by molar-refractivity contribution is 6.01. The molecule has 3 heterocycles. The lowest BCUT2D eigenvalue weighted by atomic mass is 9.96. The van der Waals surface area contributed by atoms with E-state index in [1.54, 1.807) is 63.4 Å². The molecule has 1 aliphatic rings. The second kappa shape index (κ2) is 12.6. The average Bonchev–Trinajstić information content (AvgIpc) is 3.51. The fraction of sp³-hybridized carbons (Fsp3) is 0.353. The first-order valence-electron chi connectivity index (χ1n) is 14.9. The molecule has 0 aliphatic carbocycles. The van der Waals surface area contributed by atoms with E-state index in [-0.39, 0.29) is 29.6 Å². The van der Waals surface area contributed by atoms with Gasteiger partial charge in [0, 0.05) is 17.5 Å². The number of pyridine rings is 1. The molecular weight excluding hydrogens is 629 g/mol. The molecule has 2 aromatic carbocycles. The molecule has 1 atom stereocenters. The topological polar surface area (TPSA) is 143 Å². The van der Waals surface area contributed by atoms with Crippen molar-refractivity contribution in [3.05, 3.63) is 77.6 Å². The van der Waals surface area contributed by atoms with Crippen LogP contribution in [0, 0.1) is 17.1 Å². The second-order valence-corrected chi connectivity index (χ2v) is 12.8. The summed E-state index contributed by atoms with van der Waals surface area (Å²) >= 11 is 0. The third-order valence-corrected chi connectivity index (χ3v) is 7.52. The van der Waals surface area contributed by atoms with Gasteiger partial charge < -0.3 is 24.1 Å². The summed E-state index contributed by atoms with van der Waals surface area (Å²) in [5, 5.41) is 19.4. The lowest BCUT2D eigenvalue weighted by Gasteiger charge is -2.27. The third-order valence-electron chi connectivity index (χ3n) is 7.52. The standard InChI is InChI=1S/C34H33F3N6O5/c1-32(2,3)48-31(45)40-26-15-34(36,37)23-14-24(35)22(28-41-42-30(47-28)33(4,5)18-38)13-27(23)43(29(26)44)17-19-7-9-20(10-8-19)25-12-11-21(46-6)16-39-25/h7-14,16,26H,15,17H2,1-6H3,(H,40,45)/t26-/m1/s1. The molecule has 0 fully saturated rings. The predicted molar refractivity (Wildman–Crippen MR) is 167 cm³/mol. The number of ether oxygens (including phenoxy) is 2. The summed E-state index contributed by atoms with van der Waals surface area (Å²) in [6.07, 6.45) is -0.654. The largest absolute Gasteiger partial charge is 0.495 e. The van der Waals surface area contributed by atoms with Crippen LogP contribution in [-0.4, -0.2) is 45.9 Å². The maximum atomic E-state index is 16.0. The highest BCUT2D eigenvalue weighted by Gasteiger charge is 2.47. The van der Waals surface area contributed by atoms with Crippen LogP contribution in [0.5, 0.6) is 5.75 Å². The normalized spacial score (nSPS) is 16.0. The zero-order valence-electron chi connectivity index (χ0n) is 27.1. The quantitative estimate of drug-likeness (QED) is 0.229. The number of fused-ring (bicyclic) bond motifs is 1. The van der Waals surface area contributed by atoms with E-state index in [1.807, 2.05) is 6.07 Å². The number of alkyl halides is 2. The number of hydrogen-bond acceptors (Lipinski definition) is 9. The number of nitrogens with one attached hydrogen (secondary N) is 1. The fourth-order valence-corrected chi connectivity index (χ4v) is 5.00. The molecule has 0 spiro atoms. The number of carbonyl (C=O) groups excluding carboxylic acids is 2. The van der Waals surface area contributed by atoms with Crippen LogP contribution in [-0.2, 0) is 27.4 Å². The lowest BCUT2D eigenvalue weighted by Crippen LogP contribution is -2.49. The minimum absolute atomic E-state index is 0.110. The molecule has 0 saturated heterocycles. The van der Waals surface area contributed by atoms with Crippen LogP contribution < -0.4 is 15.0 Å². The summed E-state index contributed by atoms with van der Waals surface area (Å²) in [6, 6.07) is 12.4. The maximum absolute atomic E-state index is 16.0. The van der Waals surface area contributed by atoms with Gasteiger partial charge in [-0.2, -0.15) is 5.26 Å². The first kappa shape index (κ1) is 33.9. The summed E-state index contributed by atoms with van der Waals surface area (Å²) in [5.74, 6) is -5.66. The molecule has 14 heteroatoms. The van der Waals surface area contributed by atoms with Crippen molar-refractivity contribution >= 4 is 17.7 Å². The zero-order valence-corrected chi connectivity index (χ0v) is 27.1. The van der Waals surface area contributed by atoms with Gasteiger partial charge in [-0.1, -0.05) is 24.3 Å². The van der Waals surface area contributed by atoms with Crippen LogP contribution >= 0.6 is 0 Å². The smallest absolute Gasteiger partial charge is 0.408 e. The van der Waals surface area contributed by atoms with E-state index in [4.69, 9.17) is 13.9 Å². The van der Waals surface area contributed by atoms with Crippen molar-refractivity contribution in [2.24, 2.45) is 0 Å². The van der Waals surface area contributed by atoms with Gasteiger partial charge in [0.25, 0.3) is 11.8 Å². The molecule has 1 aliphatic heterocycles. The van der Waals surface area contributed by atoms with Gasteiger partial charge in [-0.25, -0.2) is 18.0 Å². The molecule has 4 aromatic rings. The lowest BCUT2D eigenvalue weighted by molar-refractivity contribution is -0.123. The summed E-state index contributed by atoms with van der Waals surface area (Å²) in [4.78, 5) is 32.2. The van der Waals surface area contributed by atoms with Gasteiger partial charge in [0.05, 0.1) is 42.9 Å². The number of alkyl carbamates (subject to hydrolysis) is 1. The van der Waals surface area contributed by atoms with E-state index < -0.39 is 52.8 Å². The zero-order chi connectivity index (χ0) is 35.0. The third kappa shape index (κ3) is 7.10. The van der Waals surface area contributed by atoms with Crippen molar-refractivity contribution in [2.75, 3.05) is 12.0 Å². The molecule has 250 valence electrons. The van der Waals surface area contributed by atoms with Crippen LogP contribution in [0.4, 0.5) is 23.7 Å². The van der Waals surface area contributed by atoms with E-state index in [0.29, 0.717) is 23.1 Å². The Morgan fingerprint density at radius 3 is 2.44 bits per heavy atom. The Hall–Kier alpha value is -5.45. The first-order chi connectivity index (χ1) is 22.5. The number of benzene rings is 2. The Kier molecular flexibility index (Phi) is 8.92. The van der Waals surface area contributed by atoms with Gasteiger partial charge in [0.1, 0.15) is 28.6 Å². The molecule has 0 radical (unpaired) electrons. The Labute approximate surface area is 274 Å². The van der Waals surface area contributed by atoms with E-state index in [2.05, 4.69) is 20.5 Å².